The standard InChI is InChI=1S/C26H40N2O5/c1-19(2)26(27,21-10-12-23(31-5)25(18-21)33-7)14-8-15-28(3,29)16-13-20-9-11-22(30-4)24(17-20)32-6/h9-12,17-19H,8,13-16,27H2,1-7H3. The molecule has 0 fully saturated rings. The molecule has 2 aromatic carbocycles. The molecule has 33 heavy (non-hydrogen) atoms. The molecular formula is C26H40N2O5. The molecule has 7 heteroatoms. The number of likely N-dealkylation sites (N-methyl/N-ethyl adjacent to an activating group) is 1. The molecule has 0 bridgehead atoms. The normalized spacial score (nSPS) is 15.0. The lowest BCUT2D eigenvalue weighted by Gasteiger charge is -2.41. The number of nitrogens with two attached hydrogens (primary N) is 1. The lowest BCUT2D eigenvalue weighted by atomic mass is 9.77. The highest BCUT2D eigenvalue weighted by Gasteiger charge is 2.32. The number of hydrogen-bond acceptors (Lipinski definition) is 6. The molecule has 0 saturated heterocycles. The van der Waals surface area contributed by atoms with Gasteiger partial charge in [0.25, 0.3) is 0 Å². The molecule has 0 aliphatic carbocycles. The van der Waals surface area contributed by atoms with Crippen LogP contribution >= 0.6 is 0 Å². The Hall–Kier alpha value is -2.48. The van der Waals surface area contributed by atoms with E-state index in [2.05, 4.69) is 13.8 Å². The highest BCUT2D eigenvalue weighted by molar-refractivity contribution is 5.45. The van der Waals surface area contributed by atoms with Crippen LogP contribution in [0, 0.1) is 11.1 Å². The molecule has 0 amide bonds. The number of benzene rings is 2. The molecule has 7 nitrogen and oxygen atoms in total. The molecule has 2 N–H and O–H groups in total. The fourth-order valence-electron chi connectivity index (χ4n) is 4.11. The Kier molecular flexibility index (Phi) is 9.40. The predicted octanol–water partition coefficient (Wildman–Crippen LogP) is 4.50. The summed E-state index contributed by atoms with van der Waals surface area (Å²) in [4.78, 5) is 0. The second-order valence-corrected chi connectivity index (χ2v) is 9.05. The van der Waals surface area contributed by atoms with Crippen LogP contribution in [0.25, 0.3) is 0 Å². The van der Waals surface area contributed by atoms with E-state index < -0.39 is 5.54 Å². The Morgan fingerprint density at radius 3 is 1.94 bits per heavy atom. The SMILES string of the molecule is COc1ccc(CC[N+](C)([O-])CCCC(N)(c2ccc(OC)c(OC)c2)C(C)C)cc1OC. The van der Waals surface area contributed by atoms with Gasteiger partial charge in [-0.3, -0.25) is 0 Å². The average Bonchev–Trinajstić information content (AvgIpc) is 2.81. The van der Waals surface area contributed by atoms with Crippen LogP contribution < -0.4 is 24.7 Å². The topological polar surface area (TPSA) is 86.0 Å². The van der Waals surface area contributed by atoms with E-state index in [1.165, 1.54) is 0 Å². The summed E-state index contributed by atoms with van der Waals surface area (Å²) in [6, 6.07) is 11.6. The fourth-order valence-corrected chi connectivity index (χ4v) is 4.11. The number of hydroxylamine groups is 3. The Labute approximate surface area is 198 Å². The molecular weight excluding hydrogens is 420 g/mol. The fraction of sp³-hybridized carbons (Fsp3) is 0.538. The van der Waals surface area contributed by atoms with Gasteiger partial charge in [-0.05, 0) is 54.2 Å². The van der Waals surface area contributed by atoms with Crippen molar-refractivity contribution in [3.8, 4) is 23.0 Å². The number of ether oxygens (including phenoxy) is 4. The van der Waals surface area contributed by atoms with E-state index in [4.69, 9.17) is 24.7 Å². The van der Waals surface area contributed by atoms with Gasteiger partial charge in [0.1, 0.15) is 0 Å². The number of hydrogen-bond donors (Lipinski definition) is 1. The highest BCUT2D eigenvalue weighted by atomic mass is 16.5. The molecule has 0 aliphatic rings. The van der Waals surface area contributed by atoms with E-state index in [-0.39, 0.29) is 10.6 Å². The average molecular weight is 461 g/mol. The van der Waals surface area contributed by atoms with Crippen molar-refractivity contribution in [2.75, 3.05) is 48.6 Å². The van der Waals surface area contributed by atoms with Gasteiger partial charge in [0, 0.05) is 12.0 Å². The van der Waals surface area contributed by atoms with Crippen LogP contribution in [-0.4, -0.2) is 53.2 Å². The third-order valence-corrected chi connectivity index (χ3v) is 6.49. The molecule has 0 saturated carbocycles. The summed E-state index contributed by atoms with van der Waals surface area (Å²) in [7, 11) is 8.19. The van der Waals surface area contributed by atoms with E-state index in [0.717, 1.165) is 17.5 Å². The quantitative estimate of drug-likeness (QED) is 0.350. The molecule has 0 spiro atoms. The van der Waals surface area contributed by atoms with E-state index in [9.17, 15) is 5.21 Å². The summed E-state index contributed by atoms with van der Waals surface area (Å²) < 4.78 is 21.2. The van der Waals surface area contributed by atoms with Crippen molar-refractivity contribution in [3.63, 3.8) is 0 Å². The van der Waals surface area contributed by atoms with Crippen molar-refractivity contribution in [3.05, 3.63) is 52.7 Å². The number of rotatable bonds is 13. The largest absolute Gasteiger partial charge is 0.633 e. The monoisotopic (exact) mass is 460 g/mol. The van der Waals surface area contributed by atoms with E-state index in [1.807, 2.05) is 36.4 Å². The lowest BCUT2D eigenvalue weighted by Crippen LogP contribution is -2.45. The van der Waals surface area contributed by atoms with Crippen molar-refractivity contribution in [1.29, 1.82) is 0 Å². The van der Waals surface area contributed by atoms with Crippen LogP contribution in [0.15, 0.2) is 36.4 Å². The molecule has 2 aromatic rings. The first-order valence-electron chi connectivity index (χ1n) is 11.4. The summed E-state index contributed by atoms with van der Waals surface area (Å²) in [5.74, 6) is 2.88. The second-order valence-electron chi connectivity index (χ2n) is 9.05. The summed E-state index contributed by atoms with van der Waals surface area (Å²) in [5.41, 5.74) is 8.37. The van der Waals surface area contributed by atoms with Gasteiger partial charge in [-0.1, -0.05) is 26.0 Å². The number of nitrogens with zero attached hydrogens (tertiary/aromatic N) is 1. The van der Waals surface area contributed by atoms with Gasteiger partial charge in [0.2, 0.25) is 0 Å². The Morgan fingerprint density at radius 2 is 1.39 bits per heavy atom. The van der Waals surface area contributed by atoms with Crippen LogP contribution in [0.2, 0.25) is 0 Å². The van der Waals surface area contributed by atoms with Gasteiger partial charge in [-0.15, -0.1) is 0 Å². The minimum Gasteiger partial charge on any atom is -0.633 e. The molecule has 2 atom stereocenters. The minimum atomic E-state index is -0.567. The van der Waals surface area contributed by atoms with Crippen LogP contribution in [0.3, 0.4) is 0 Å². The van der Waals surface area contributed by atoms with Crippen molar-refractivity contribution in [2.45, 2.75) is 38.6 Å². The first-order chi connectivity index (χ1) is 15.6. The van der Waals surface area contributed by atoms with Crippen molar-refractivity contribution in [1.82, 2.24) is 0 Å². The third kappa shape index (κ3) is 6.76. The summed E-state index contributed by atoms with van der Waals surface area (Å²) in [6.45, 7) is 5.19. The predicted molar refractivity (Wildman–Crippen MR) is 132 cm³/mol. The summed E-state index contributed by atoms with van der Waals surface area (Å²) in [6.07, 6.45) is 2.08. The van der Waals surface area contributed by atoms with Gasteiger partial charge in [-0.25, -0.2) is 0 Å². The van der Waals surface area contributed by atoms with Crippen LogP contribution in [0.4, 0.5) is 0 Å². The van der Waals surface area contributed by atoms with Crippen molar-refractivity contribution in [2.24, 2.45) is 11.7 Å². The first kappa shape index (κ1) is 26.8. The zero-order chi connectivity index (χ0) is 24.6. The smallest absolute Gasteiger partial charge is 0.161 e. The minimum absolute atomic E-state index is 0.188. The Morgan fingerprint density at radius 1 is 0.848 bits per heavy atom. The van der Waals surface area contributed by atoms with Crippen LogP contribution in [0.1, 0.15) is 37.8 Å². The zero-order valence-corrected chi connectivity index (χ0v) is 21.1. The maximum atomic E-state index is 13.1. The maximum Gasteiger partial charge on any atom is 0.161 e. The van der Waals surface area contributed by atoms with Crippen molar-refractivity contribution >= 4 is 0 Å². The number of methoxy groups -OCH3 is 4. The summed E-state index contributed by atoms with van der Waals surface area (Å²) >= 11 is 0. The van der Waals surface area contributed by atoms with Crippen LogP contribution in [-0.2, 0) is 12.0 Å². The molecule has 0 aliphatic heterocycles. The Balaban J connectivity index is 2.03. The van der Waals surface area contributed by atoms with Gasteiger partial charge in [-0.2, -0.15) is 0 Å². The van der Waals surface area contributed by atoms with E-state index >= 15 is 0 Å². The first-order valence-corrected chi connectivity index (χ1v) is 11.4. The lowest BCUT2D eigenvalue weighted by molar-refractivity contribution is -0.860. The van der Waals surface area contributed by atoms with Gasteiger partial charge in [0.15, 0.2) is 23.0 Å². The molecule has 0 aromatic heterocycles. The van der Waals surface area contributed by atoms with Gasteiger partial charge in [0.05, 0.1) is 48.6 Å². The Bertz CT molecular complexity index is 900. The molecule has 2 unspecified atom stereocenters. The van der Waals surface area contributed by atoms with Crippen LogP contribution in [0.5, 0.6) is 23.0 Å². The van der Waals surface area contributed by atoms with Crippen molar-refractivity contribution < 1.29 is 23.6 Å². The second kappa shape index (κ2) is 11.6. The molecule has 2 rings (SSSR count). The molecule has 184 valence electrons. The number of quaternary nitrogens is 1. The van der Waals surface area contributed by atoms with E-state index in [1.54, 1.807) is 35.5 Å². The highest BCUT2D eigenvalue weighted by Crippen LogP contribution is 2.37. The summed E-state index contributed by atoms with van der Waals surface area (Å²) in [5, 5.41) is 13.1. The zero-order valence-electron chi connectivity index (χ0n) is 21.1. The van der Waals surface area contributed by atoms with Gasteiger partial charge >= 0.3 is 0 Å². The molecule has 0 radical (unpaired) electrons. The maximum absolute atomic E-state index is 13.1. The third-order valence-electron chi connectivity index (χ3n) is 6.49. The van der Waals surface area contributed by atoms with E-state index in [0.29, 0.717) is 48.9 Å². The molecule has 0 heterocycles. The van der Waals surface area contributed by atoms with Gasteiger partial charge < -0.3 is 34.5 Å².